The number of nitrogens with zero attached hydrogens (tertiary/aromatic N) is 2. The average Bonchev–Trinajstić information content (AvgIpc) is 2.74. The molecular formula is C12H22N2O2S. The molecule has 1 aromatic heterocycles. The van der Waals surface area contributed by atoms with Crippen molar-refractivity contribution in [2.75, 3.05) is 5.75 Å². The van der Waals surface area contributed by atoms with Gasteiger partial charge in [0.25, 0.3) is 0 Å². The summed E-state index contributed by atoms with van der Waals surface area (Å²) in [6, 6.07) is 0. The Hall–Kier alpha value is -0.840. The van der Waals surface area contributed by atoms with Gasteiger partial charge in [0, 0.05) is 6.20 Å². The lowest BCUT2D eigenvalue weighted by Crippen LogP contribution is -2.21. The summed E-state index contributed by atoms with van der Waals surface area (Å²) in [7, 11) is -2.97. The van der Waals surface area contributed by atoms with E-state index in [9.17, 15) is 8.42 Å². The first-order valence-corrected chi connectivity index (χ1v) is 7.82. The fourth-order valence-electron chi connectivity index (χ4n) is 1.45. The second-order valence-corrected chi connectivity index (χ2v) is 7.44. The maximum Gasteiger partial charge on any atom is 0.154 e. The monoisotopic (exact) mass is 258 g/mol. The van der Waals surface area contributed by atoms with Crippen molar-refractivity contribution in [3.05, 3.63) is 18.0 Å². The van der Waals surface area contributed by atoms with Crippen LogP contribution in [0.5, 0.6) is 0 Å². The van der Waals surface area contributed by atoms with Gasteiger partial charge in [0.05, 0.1) is 23.7 Å². The maximum absolute atomic E-state index is 11.7. The van der Waals surface area contributed by atoms with Gasteiger partial charge in [-0.2, -0.15) is 5.10 Å². The highest BCUT2D eigenvalue weighted by Gasteiger charge is 2.16. The summed E-state index contributed by atoms with van der Waals surface area (Å²) in [4.78, 5) is 0. The van der Waals surface area contributed by atoms with Gasteiger partial charge in [-0.25, -0.2) is 8.42 Å². The summed E-state index contributed by atoms with van der Waals surface area (Å²) in [6.45, 7) is 8.14. The number of rotatable bonds is 6. The van der Waals surface area contributed by atoms with Gasteiger partial charge in [0.1, 0.15) is 0 Å². The third-order valence-electron chi connectivity index (χ3n) is 3.16. The minimum Gasteiger partial charge on any atom is -0.271 e. The molecule has 5 heteroatoms. The van der Waals surface area contributed by atoms with Crippen LogP contribution in [0, 0.1) is 0 Å². The lowest BCUT2D eigenvalue weighted by molar-refractivity contribution is 0.572. The highest BCUT2D eigenvalue weighted by atomic mass is 32.2. The third kappa shape index (κ3) is 3.84. The van der Waals surface area contributed by atoms with E-state index in [1.54, 1.807) is 18.5 Å². The standard InChI is InChI=1S/C12H22N2O2S/c1-5-11(4)12-8-13-14(9-12)6-7-17(15,16)10(2)3/h8-11H,5-7H2,1-4H3. The minimum absolute atomic E-state index is 0.159. The van der Waals surface area contributed by atoms with Crippen molar-refractivity contribution >= 4 is 9.84 Å². The van der Waals surface area contributed by atoms with E-state index < -0.39 is 9.84 Å². The molecule has 0 radical (unpaired) electrons. The van der Waals surface area contributed by atoms with Crippen molar-refractivity contribution in [2.45, 2.75) is 51.8 Å². The molecule has 0 aliphatic carbocycles. The molecule has 1 rings (SSSR count). The fraction of sp³-hybridized carbons (Fsp3) is 0.750. The summed E-state index contributed by atoms with van der Waals surface area (Å²) in [5.41, 5.74) is 1.18. The van der Waals surface area contributed by atoms with Gasteiger partial charge >= 0.3 is 0 Å². The zero-order chi connectivity index (χ0) is 13.1. The molecule has 0 spiro atoms. The molecule has 98 valence electrons. The molecule has 0 bridgehead atoms. The van der Waals surface area contributed by atoms with Crippen LogP contribution in [0.3, 0.4) is 0 Å². The number of aryl methyl sites for hydroxylation is 1. The van der Waals surface area contributed by atoms with Crippen LogP contribution in [0.2, 0.25) is 0 Å². The maximum atomic E-state index is 11.7. The van der Waals surface area contributed by atoms with Crippen LogP contribution in [-0.2, 0) is 16.4 Å². The van der Waals surface area contributed by atoms with E-state index >= 15 is 0 Å². The Labute approximate surface area is 104 Å². The Kier molecular flexibility index (Phi) is 4.74. The predicted molar refractivity (Wildman–Crippen MR) is 69.9 cm³/mol. The van der Waals surface area contributed by atoms with E-state index in [-0.39, 0.29) is 11.0 Å². The average molecular weight is 258 g/mol. The van der Waals surface area contributed by atoms with Crippen LogP contribution in [0.15, 0.2) is 12.4 Å². The van der Waals surface area contributed by atoms with Crippen molar-refractivity contribution in [3.8, 4) is 0 Å². The van der Waals surface area contributed by atoms with Crippen molar-refractivity contribution in [2.24, 2.45) is 0 Å². The molecule has 1 aromatic rings. The summed E-state index contributed by atoms with van der Waals surface area (Å²) in [6.07, 6.45) is 4.84. The van der Waals surface area contributed by atoms with Gasteiger partial charge in [0.2, 0.25) is 0 Å². The summed E-state index contributed by atoms with van der Waals surface area (Å²) < 4.78 is 25.0. The lowest BCUT2D eigenvalue weighted by atomic mass is 10.0. The predicted octanol–water partition coefficient (Wildman–Crippen LogP) is 2.22. The molecule has 0 amide bonds. The SMILES string of the molecule is CCC(C)c1cnn(CCS(=O)(=O)C(C)C)c1. The Balaban J connectivity index is 2.62. The van der Waals surface area contributed by atoms with Crippen molar-refractivity contribution in [3.63, 3.8) is 0 Å². The van der Waals surface area contributed by atoms with Crippen LogP contribution in [0.4, 0.5) is 0 Å². The van der Waals surface area contributed by atoms with Crippen molar-refractivity contribution in [1.82, 2.24) is 9.78 Å². The van der Waals surface area contributed by atoms with Crippen molar-refractivity contribution < 1.29 is 8.42 Å². The van der Waals surface area contributed by atoms with Crippen LogP contribution < -0.4 is 0 Å². The van der Waals surface area contributed by atoms with E-state index in [1.165, 1.54) is 5.56 Å². The Morgan fingerprint density at radius 2 is 2.00 bits per heavy atom. The van der Waals surface area contributed by atoms with Crippen LogP contribution >= 0.6 is 0 Å². The molecule has 4 nitrogen and oxygen atoms in total. The molecule has 0 aliphatic heterocycles. The third-order valence-corrected chi connectivity index (χ3v) is 5.35. The van der Waals surface area contributed by atoms with Gasteiger partial charge in [0.15, 0.2) is 9.84 Å². The normalized spacial score (nSPS) is 14.2. The van der Waals surface area contributed by atoms with Gasteiger partial charge in [-0.05, 0) is 31.7 Å². The molecule has 1 atom stereocenters. The quantitative estimate of drug-likeness (QED) is 0.786. The van der Waals surface area contributed by atoms with Crippen LogP contribution in [0.1, 0.15) is 45.6 Å². The topological polar surface area (TPSA) is 52.0 Å². The van der Waals surface area contributed by atoms with Gasteiger partial charge < -0.3 is 0 Å². The first kappa shape index (κ1) is 14.2. The van der Waals surface area contributed by atoms with E-state index in [2.05, 4.69) is 18.9 Å². The van der Waals surface area contributed by atoms with Gasteiger partial charge in [-0.1, -0.05) is 13.8 Å². The van der Waals surface area contributed by atoms with Crippen LogP contribution in [-0.4, -0.2) is 29.2 Å². The summed E-state index contributed by atoms with van der Waals surface area (Å²) in [5.74, 6) is 0.636. The van der Waals surface area contributed by atoms with Crippen molar-refractivity contribution in [1.29, 1.82) is 0 Å². The number of sulfone groups is 1. The number of hydrogen-bond donors (Lipinski definition) is 0. The van der Waals surface area contributed by atoms with Crippen LogP contribution in [0.25, 0.3) is 0 Å². The molecule has 0 saturated heterocycles. The Morgan fingerprint density at radius 3 is 2.53 bits per heavy atom. The van der Waals surface area contributed by atoms with Gasteiger partial charge in [-0.15, -0.1) is 0 Å². The molecule has 0 saturated carbocycles. The van der Waals surface area contributed by atoms with E-state index in [0.29, 0.717) is 12.5 Å². The highest BCUT2D eigenvalue weighted by Crippen LogP contribution is 2.17. The highest BCUT2D eigenvalue weighted by molar-refractivity contribution is 7.91. The largest absolute Gasteiger partial charge is 0.271 e. The Morgan fingerprint density at radius 1 is 1.35 bits per heavy atom. The lowest BCUT2D eigenvalue weighted by Gasteiger charge is -2.07. The Bertz CT molecular complexity index is 449. The molecule has 1 unspecified atom stereocenters. The second kappa shape index (κ2) is 5.67. The van der Waals surface area contributed by atoms with Gasteiger partial charge in [-0.3, -0.25) is 4.68 Å². The summed E-state index contributed by atoms with van der Waals surface area (Å²) >= 11 is 0. The first-order chi connectivity index (χ1) is 7.86. The molecule has 0 fully saturated rings. The molecule has 1 heterocycles. The van der Waals surface area contributed by atoms with E-state index in [1.807, 2.05) is 12.4 Å². The first-order valence-electron chi connectivity index (χ1n) is 6.10. The smallest absolute Gasteiger partial charge is 0.154 e. The fourth-order valence-corrected chi connectivity index (χ4v) is 2.36. The molecule has 17 heavy (non-hydrogen) atoms. The molecular weight excluding hydrogens is 236 g/mol. The zero-order valence-electron chi connectivity index (χ0n) is 11.0. The summed E-state index contributed by atoms with van der Waals surface area (Å²) in [5, 5.41) is 3.89. The molecule has 0 aromatic carbocycles. The van der Waals surface area contributed by atoms with E-state index in [4.69, 9.17) is 0 Å². The zero-order valence-corrected chi connectivity index (χ0v) is 11.9. The van der Waals surface area contributed by atoms with E-state index in [0.717, 1.165) is 6.42 Å². The number of aromatic nitrogens is 2. The molecule has 0 aliphatic rings. The molecule has 0 N–H and O–H groups in total. The minimum atomic E-state index is -2.97. The number of hydrogen-bond acceptors (Lipinski definition) is 3. The second-order valence-electron chi connectivity index (χ2n) is 4.76.